The van der Waals surface area contributed by atoms with Crippen molar-refractivity contribution in [1.82, 2.24) is 14.9 Å². The number of nitrogens with one attached hydrogen (secondary N) is 1. The molecule has 154 valence electrons. The van der Waals surface area contributed by atoms with Gasteiger partial charge in [-0.2, -0.15) is 0 Å². The molecule has 30 heavy (non-hydrogen) atoms. The molecule has 0 unspecified atom stereocenters. The standard InChI is InChI=1S/C24H26N4O2/c1-15-7-12-20-22(27-19-10-8-18(9-11-19)17(3)29)21(14-25-23(20)26-15)24(30)28-13-5-4-6-16(28)2/h7-12,14,16H,4-6,13H2,1-3H3,(H,25,26,27)/t16-/m1/s1. The molecule has 3 aromatic rings. The molecule has 1 aliphatic rings. The van der Waals surface area contributed by atoms with E-state index < -0.39 is 0 Å². The van der Waals surface area contributed by atoms with Crippen LogP contribution in [0.5, 0.6) is 0 Å². The number of pyridine rings is 2. The van der Waals surface area contributed by atoms with Gasteiger partial charge in [0.25, 0.3) is 5.91 Å². The molecule has 1 atom stereocenters. The van der Waals surface area contributed by atoms with Gasteiger partial charge in [0.15, 0.2) is 11.4 Å². The Morgan fingerprint density at radius 3 is 2.57 bits per heavy atom. The number of aromatic nitrogens is 2. The third-order valence-electron chi connectivity index (χ3n) is 5.72. The van der Waals surface area contributed by atoms with E-state index in [2.05, 4.69) is 22.2 Å². The molecule has 0 bridgehead atoms. The number of hydrogen-bond acceptors (Lipinski definition) is 5. The molecule has 0 spiro atoms. The monoisotopic (exact) mass is 402 g/mol. The van der Waals surface area contributed by atoms with E-state index in [1.165, 1.54) is 0 Å². The second kappa shape index (κ2) is 8.22. The maximum Gasteiger partial charge on any atom is 0.257 e. The van der Waals surface area contributed by atoms with Crippen LogP contribution >= 0.6 is 0 Å². The van der Waals surface area contributed by atoms with Crippen molar-refractivity contribution in [3.8, 4) is 0 Å². The number of amides is 1. The van der Waals surface area contributed by atoms with Gasteiger partial charge in [-0.1, -0.05) is 0 Å². The number of fused-ring (bicyclic) bond motifs is 1. The minimum absolute atomic E-state index is 0.0139. The summed E-state index contributed by atoms with van der Waals surface area (Å²) in [5.74, 6) is 0.00516. The summed E-state index contributed by atoms with van der Waals surface area (Å²) >= 11 is 0. The maximum absolute atomic E-state index is 13.5. The lowest BCUT2D eigenvalue weighted by Crippen LogP contribution is -2.42. The fourth-order valence-electron chi connectivity index (χ4n) is 3.96. The van der Waals surface area contributed by atoms with Crippen LogP contribution in [-0.2, 0) is 0 Å². The molecule has 1 amide bonds. The Balaban J connectivity index is 1.79. The van der Waals surface area contributed by atoms with Gasteiger partial charge in [-0.05, 0) is 76.4 Å². The van der Waals surface area contributed by atoms with Gasteiger partial charge in [0.05, 0.1) is 11.3 Å². The van der Waals surface area contributed by atoms with Gasteiger partial charge in [0.1, 0.15) is 0 Å². The molecular weight excluding hydrogens is 376 g/mol. The van der Waals surface area contributed by atoms with Crippen LogP contribution in [0.4, 0.5) is 11.4 Å². The van der Waals surface area contributed by atoms with Gasteiger partial charge in [0.2, 0.25) is 0 Å². The Morgan fingerprint density at radius 1 is 1.10 bits per heavy atom. The second-order valence-electron chi connectivity index (χ2n) is 7.97. The zero-order valence-electron chi connectivity index (χ0n) is 17.6. The summed E-state index contributed by atoms with van der Waals surface area (Å²) in [6, 6.07) is 11.3. The molecule has 1 aromatic carbocycles. The predicted octanol–water partition coefficient (Wildman–Crippen LogP) is 4.90. The van der Waals surface area contributed by atoms with E-state index in [0.29, 0.717) is 22.5 Å². The molecule has 0 aliphatic carbocycles. The summed E-state index contributed by atoms with van der Waals surface area (Å²) in [5, 5.41) is 4.20. The molecule has 1 N–H and O–H groups in total. The van der Waals surface area contributed by atoms with Crippen molar-refractivity contribution < 1.29 is 9.59 Å². The average Bonchev–Trinajstić information content (AvgIpc) is 2.74. The molecule has 1 aliphatic heterocycles. The van der Waals surface area contributed by atoms with E-state index in [9.17, 15) is 9.59 Å². The average molecular weight is 402 g/mol. The number of ketones is 1. The molecule has 1 fully saturated rings. The highest BCUT2D eigenvalue weighted by molar-refractivity contribution is 6.07. The van der Waals surface area contributed by atoms with Crippen molar-refractivity contribution in [3.05, 3.63) is 59.4 Å². The molecule has 4 rings (SSSR count). The van der Waals surface area contributed by atoms with Crippen LogP contribution in [0.3, 0.4) is 0 Å². The van der Waals surface area contributed by atoms with Crippen LogP contribution < -0.4 is 5.32 Å². The summed E-state index contributed by atoms with van der Waals surface area (Å²) < 4.78 is 0. The van der Waals surface area contributed by atoms with Crippen LogP contribution in [-0.4, -0.2) is 39.1 Å². The third kappa shape index (κ3) is 3.90. The number of carbonyl (C=O) groups is 2. The van der Waals surface area contributed by atoms with Crippen molar-refractivity contribution >= 4 is 34.1 Å². The summed E-state index contributed by atoms with van der Waals surface area (Å²) in [4.78, 5) is 36.0. The van der Waals surface area contributed by atoms with Crippen molar-refractivity contribution in [1.29, 1.82) is 0 Å². The maximum atomic E-state index is 13.5. The van der Waals surface area contributed by atoms with E-state index >= 15 is 0 Å². The number of nitrogens with zero attached hydrogens (tertiary/aromatic N) is 3. The molecular formula is C24H26N4O2. The number of Topliss-reactive ketones (excluding diaryl/α,β-unsaturated/α-hetero) is 1. The van der Waals surface area contributed by atoms with Crippen LogP contribution in [0, 0.1) is 6.92 Å². The van der Waals surface area contributed by atoms with Crippen LogP contribution in [0.25, 0.3) is 11.0 Å². The Kier molecular flexibility index (Phi) is 5.48. The van der Waals surface area contributed by atoms with E-state index in [1.54, 1.807) is 25.3 Å². The minimum Gasteiger partial charge on any atom is -0.354 e. The molecule has 0 saturated carbocycles. The summed E-state index contributed by atoms with van der Waals surface area (Å²) in [5.41, 5.74) is 4.16. The fourth-order valence-corrected chi connectivity index (χ4v) is 3.96. The number of piperidine rings is 1. The number of aryl methyl sites for hydroxylation is 1. The van der Waals surface area contributed by atoms with E-state index in [0.717, 1.165) is 42.6 Å². The third-order valence-corrected chi connectivity index (χ3v) is 5.72. The first-order valence-corrected chi connectivity index (χ1v) is 10.4. The van der Waals surface area contributed by atoms with Crippen molar-refractivity contribution in [2.45, 2.75) is 46.1 Å². The summed E-state index contributed by atoms with van der Waals surface area (Å²) in [7, 11) is 0. The number of benzene rings is 1. The molecule has 3 heterocycles. The normalized spacial score (nSPS) is 16.5. The first kappa shape index (κ1) is 20.0. The first-order valence-electron chi connectivity index (χ1n) is 10.4. The number of hydrogen-bond donors (Lipinski definition) is 1. The molecule has 2 aromatic heterocycles. The first-order chi connectivity index (χ1) is 14.4. The van der Waals surface area contributed by atoms with E-state index in [-0.39, 0.29) is 17.7 Å². The highest BCUT2D eigenvalue weighted by atomic mass is 16.2. The molecule has 0 radical (unpaired) electrons. The van der Waals surface area contributed by atoms with E-state index in [4.69, 9.17) is 0 Å². The fraction of sp³-hybridized carbons (Fsp3) is 0.333. The SMILES string of the molecule is CC(=O)c1ccc(Nc2c(C(=O)N3CCCC[C@H]3C)cnc3nc(C)ccc23)cc1. The van der Waals surface area contributed by atoms with Crippen LogP contribution in [0.1, 0.15) is 59.5 Å². The van der Waals surface area contributed by atoms with Gasteiger partial charge in [-0.25, -0.2) is 9.97 Å². The number of rotatable bonds is 4. The molecule has 1 saturated heterocycles. The van der Waals surface area contributed by atoms with Gasteiger partial charge in [-0.3, -0.25) is 9.59 Å². The van der Waals surface area contributed by atoms with Crippen molar-refractivity contribution in [3.63, 3.8) is 0 Å². The van der Waals surface area contributed by atoms with Crippen molar-refractivity contribution in [2.75, 3.05) is 11.9 Å². The number of anilines is 2. The molecule has 6 nitrogen and oxygen atoms in total. The lowest BCUT2D eigenvalue weighted by atomic mass is 10.0. The van der Waals surface area contributed by atoms with Gasteiger partial charge >= 0.3 is 0 Å². The lowest BCUT2D eigenvalue weighted by molar-refractivity contribution is 0.0636. The highest BCUT2D eigenvalue weighted by Gasteiger charge is 2.27. The predicted molar refractivity (Wildman–Crippen MR) is 118 cm³/mol. The van der Waals surface area contributed by atoms with Crippen LogP contribution in [0.15, 0.2) is 42.6 Å². The summed E-state index contributed by atoms with van der Waals surface area (Å²) in [6.45, 7) is 6.33. The lowest BCUT2D eigenvalue weighted by Gasteiger charge is -2.34. The Labute approximate surface area is 176 Å². The van der Waals surface area contributed by atoms with Gasteiger partial charge in [-0.15, -0.1) is 0 Å². The van der Waals surface area contributed by atoms with Gasteiger partial charge in [0, 0.05) is 41.1 Å². The Bertz CT molecular complexity index is 1110. The number of carbonyl (C=O) groups excluding carboxylic acids is 2. The summed E-state index contributed by atoms with van der Waals surface area (Å²) in [6.07, 6.45) is 4.82. The molecule has 6 heteroatoms. The minimum atomic E-state index is -0.0139. The Hall–Kier alpha value is -3.28. The number of likely N-dealkylation sites (tertiary alicyclic amines) is 1. The largest absolute Gasteiger partial charge is 0.354 e. The zero-order chi connectivity index (χ0) is 21.3. The Morgan fingerprint density at radius 2 is 1.87 bits per heavy atom. The van der Waals surface area contributed by atoms with Crippen LogP contribution in [0.2, 0.25) is 0 Å². The second-order valence-corrected chi connectivity index (χ2v) is 7.97. The topological polar surface area (TPSA) is 75.2 Å². The highest BCUT2D eigenvalue weighted by Crippen LogP contribution is 2.31. The zero-order valence-corrected chi connectivity index (χ0v) is 17.6. The van der Waals surface area contributed by atoms with Crippen molar-refractivity contribution in [2.24, 2.45) is 0 Å². The van der Waals surface area contributed by atoms with Gasteiger partial charge < -0.3 is 10.2 Å². The smallest absolute Gasteiger partial charge is 0.257 e. The van der Waals surface area contributed by atoms with E-state index in [1.807, 2.05) is 36.1 Å². The quantitative estimate of drug-likeness (QED) is 0.628.